The van der Waals surface area contributed by atoms with E-state index in [4.69, 9.17) is 5.84 Å². The highest BCUT2D eigenvalue weighted by Crippen LogP contribution is 2.36. The van der Waals surface area contributed by atoms with E-state index in [1.807, 2.05) is 12.1 Å². The van der Waals surface area contributed by atoms with Gasteiger partial charge in [-0.15, -0.1) is 0 Å². The van der Waals surface area contributed by atoms with Crippen molar-refractivity contribution in [2.45, 2.75) is 38.1 Å². The molecular formula is C18H19N3O2. The Labute approximate surface area is 134 Å². The predicted molar refractivity (Wildman–Crippen MR) is 89.1 cm³/mol. The lowest BCUT2D eigenvalue weighted by Gasteiger charge is -2.36. The lowest BCUT2D eigenvalue weighted by molar-refractivity contribution is 0.0503. The van der Waals surface area contributed by atoms with Crippen LogP contribution in [0.3, 0.4) is 0 Å². The van der Waals surface area contributed by atoms with Crippen molar-refractivity contribution >= 4 is 28.3 Å². The monoisotopic (exact) mass is 309 g/mol. The van der Waals surface area contributed by atoms with Crippen molar-refractivity contribution in [2.75, 3.05) is 5.43 Å². The topological polar surface area (TPSA) is 75.4 Å². The first-order chi connectivity index (χ1) is 11.2. The molecule has 3 N–H and O–H groups in total. The van der Waals surface area contributed by atoms with Crippen molar-refractivity contribution in [3.63, 3.8) is 0 Å². The molecule has 5 heteroatoms. The van der Waals surface area contributed by atoms with E-state index >= 15 is 0 Å². The summed E-state index contributed by atoms with van der Waals surface area (Å²) >= 11 is 0. The fourth-order valence-corrected chi connectivity index (χ4v) is 3.91. The number of rotatable bonds is 2. The minimum Gasteiger partial charge on any atom is -0.324 e. The third kappa shape index (κ3) is 2.04. The molecule has 0 unspecified atom stereocenters. The second kappa shape index (κ2) is 5.35. The molecule has 1 aliphatic carbocycles. The van der Waals surface area contributed by atoms with E-state index < -0.39 is 0 Å². The van der Waals surface area contributed by atoms with Crippen molar-refractivity contribution in [3.8, 4) is 0 Å². The van der Waals surface area contributed by atoms with Gasteiger partial charge in [-0.1, -0.05) is 31.4 Å². The molecule has 0 spiro atoms. The Hall–Kier alpha value is -2.40. The fourth-order valence-electron chi connectivity index (χ4n) is 3.91. The number of hydrazine groups is 1. The molecule has 2 aromatic rings. The van der Waals surface area contributed by atoms with Gasteiger partial charge >= 0.3 is 0 Å². The van der Waals surface area contributed by atoms with Gasteiger partial charge in [0, 0.05) is 27.9 Å². The first kappa shape index (κ1) is 14.2. The molecule has 1 fully saturated rings. The minimum absolute atomic E-state index is 0.0273. The number of nitrogen functional groups attached to an aromatic ring is 1. The number of hydrogen-bond donors (Lipinski definition) is 2. The maximum absolute atomic E-state index is 13.0. The lowest BCUT2D eigenvalue weighted by Crippen LogP contribution is -2.47. The van der Waals surface area contributed by atoms with Crippen LogP contribution in [0.15, 0.2) is 30.3 Å². The zero-order chi connectivity index (χ0) is 16.0. The van der Waals surface area contributed by atoms with Crippen LogP contribution in [0, 0.1) is 0 Å². The maximum atomic E-state index is 13.0. The molecule has 0 saturated heterocycles. The van der Waals surface area contributed by atoms with Gasteiger partial charge in [-0.3, -0.25) is 20.3 Å². The van der Waals surface area contributed by atoms with Crippen LogP contribution in [-0.2, 0) is 0 Å². The Morgan fingerprint density at radius 3 is 2.35 bits per heavy atom. The molecule has 118 valence electrons. The number of anilines is 1. The second-order valence-corrected chi connectivity index (χ2v) is 6.31. The number of carbonyl (C=O) groups is 2. The quantitative estimate of drug-likeness (QED) is 0.508. The molecule has 2 amide bonds. The van der Waals surface area contributed by atoms with Crippen molar-refractivity contribution in [1.29, 1.82) is 0 Å². The molecular weight excluding hydrogens is 290 g/mol. The number of nitrogens with one attached hydrogen (secondary N) is 1. The van der Waals surface area contributed by atoms with E-state index in [-0.39, 0.29) is 17.9 Å². The summed E-state index contributed by atoms with van der Waals surface area (Å²) in [4.78, 5) is 27.4. The zero-order valence-corrected chi connectivity index (χ0v) is 12.8. The summed E-state index contributed by atoms with van der Waals surface area (Å²) in [6.07, 6.45) is 5.16. The molecule has 0 atom stereocenters. The van der Waals surface area contributed by atoms with Crippen molar-refractivity contribution in [3.05, 3.63) is 41.5 Å². The minimum atomic E-state index is -0.172. The summed E-state index contributed by atoms with van der Waals surface area (Å²) < 4.78 is 0. The van der Waals surface area contributed by atoms with Gasteiger partial charge in [-0.2, -0.15) is 0 Å². The average Bonchev–Trinajstić information content (AvgIpc) is 2.60. The lowest BCUT2D eigenvalue weighted by atomic mass is 9.88. The molecule has 2 aromatic carbocycles. The molecule has 0 aromatic heterocycles. The van der Waals surface area contributed by atoms with E-state index in [2.05, 4.69) is 5.43 Å². The largest absolute Gasteiger partial charge is 0.324 e. The average molecular weight is 309 g/mol. The summed E-state index contributed by atoms with van der Waals surface area (Å²) in [7, 11) is 0. The third-order valence-electron chi connectivity index (χ3n) is 5.03. The van der Waals surface area contributed by atoms with Crippen LogP contribution in [0.25, 0.3) is 10.8 Å². The molecule has 23 heavy (non-hydrogen) atoms. The van der Waals surface area contributed by atoms with Crippen molar-refractivity contribution in [2.24, 2.45) is 5.84 Å². The number of amides is 2. The summed E-state index contributed by atoms with van der Waals surface area (Å²) in [6.45, 7) is 0. The molecule has 1 aliphatic heterocycles. The highest BCUT2D eigenvalue weighted by atomic mass is 16.2. The van der Waals surface area contributed by atoms with Gasteiger partial charge in [0.25, 0.3) is 11.8 Å². The Bertz CT molecular complexity index is 787. The van der Waals surface area contributed by atoms with Gasteiger partial charge in [0.15, 0.2) is 0 Å². The third-order valence-corrected chi connectivity index (χ3v) is 5.03. The van der Waals surface area contributed by atoms with Crippen LogP contribution in [0.1, 0.15) is 52.8 Å². The highest BCUT2D eigenvalue weighted by Gasteiger charge is 2.37. The Balaban J connectivity index is 1.90. The van der Waals surface area contributed by atoms with Gasteiger partial charge < -0.3 is 5.43 Å². The predicted octanol–water partition coefficient (Wildman–Crippen LogP) is 3.05. The van der Waals surface area contributed by atoms with Crippen molar-refractivity contribution in [1.82, 2.24) is 4.90 Å². The number of imide groups is 1. The first-order valence-corrected chi connectivity index (χ1v) is 8.12. The van der Waals surface area contributed by atoms with Crippen LogP contribution >= 0.6 is 0 Å². The fraction of sp³-hybridized carbons (Fsp3) is 0.333. The summed E-state index contributed by atoms with van der Waals surface area (Å²) in [5.41, 5.74) is 4.55. The summed E-state index contributed by atoms with van der Waals surface area (Å²) in [5, 5.41) is 1.53. The molecule has 1 heterocycles. The maximum Gasteiger partial charge on any atom is 0.261 e. The summed E-state index contributed by atoms with van der Waals surface area (Å²) in [5.74, 6) is 5.21. The van der Waals surface area contributed by atoms with Crippen LogP contribution in [0.4, 0.5) is 5.69 Å². The van der Waals surface area contributed by atoms with E-state index in [0.717, 1.165) is 36.8 Å². The van der Waals surface area contributed by atoms with Gasteiger partial charge in [0.2, 0.25) is 0 Å². The van der Waals surface area contributed by atoms with Crippen LogP contribution in [-0.4, -0.2) is 22.8 Å². The number of nitrogens with zero attached hydrogens (tertiary/aromatic N) is 1. The smallest absolute Gasteiger partial charge is 0.261 e. The van der Waals surface area contributed by atoms with E-state index in [1.54, 1.807) is 18.2 Å². The molecule has 1 saturated carbocycles. The summed E-state index contributed by atoms with van der Waals surface area (Å²) in [6, 6.07) is 9.12. The zero-order valence-electron chi connectivity index (χ0n) is 12.8. The second-order valence-electron chi connectivity index (χ2n) is 6.31. The number of nitrogens with two attached hydrogens (primary N) is 1. The normalized spacial score (nSPS) is 18.6. The van der Waals surface area contributed by atoms with Crippen molar-refractivity contribution < 1.29 is 9.59 Å². The Morgan fingerprint density at radius 1 is 0.957 bits per heavy atom. The molecule has 4 rings (SSSR count). The van der Waals surface area contributed by atoms with Gasteiger partial charge in [0.05, 0.1) is 5.69 Å². The van der Waals surface area contributed by atoms with Crippen LogP contribution < -0.4 is 11.3 Å². The SMILES string of the molecule is NNc1ccc2c3c(cccc13)C(=O)N(C1CCCCC1)C2=O. The Morgan fingerprint density at radius 2 is 1.65 bits per heavy atom. The first-order valence-electron chi connectivity index (χ1n) is 8.12. The van der Waals surface area contributed by atoms with E-state index in [1.165, 1.54) is 11.3 Å². The van der Waals surface area contributed by atoms with Crippen LogP contribution in [0.2, 0.25) is 0 Å². The van der Waals surface area contributed by atoms with Gasteiger partial charge in [0.1, 0.15) is 0 Å². The van der Waals surface area contributed by atoms with E-state index in [0.29, 0.717) is 16.5 Å². The van der Waals surface area contributed by atoms with E-state index in [9.17, 15) is 9.59 Å². The molecule has 0 bridgehead atoms. The number of hydrogen-bond acceptors (Lipinski definition) is 4. The molecule has 5 nitrogen and oxygen atoms in total. The van der Waals surface area contributed by atoms with Crippen LogP contribution in [0.5, 0.6) is 0 Å². The standard InChI is InChI=1S/C18H19N3O2/c19-20-15-10-9-14-16-12(15)7-4-8-13(16)17(22)21(18(14)23)11-5-2-1-3-6-11/h4,7-11,20H,1-3,5-6,19H2. The number of benzene rings is 2. The molecule has 0 radical (unpaired) electrons. The molecule has 2 aliphatic rings. The van der Waals surface area contributed by atoms with Gasteiger partial charge in [-0.05, 0) is 31.0 Å². The Kier molecular flexibility index (Phi) is 3.31. The highest BCUT2D eigenvalue weighted by molar-refractivity contribution is 6.26. The number of carbonyl (C=O) groups excluding carboxylic acids is 2. The van der Waals surface area contributed by atoms with Gasteiger partial charge in [-0.25, -0.2) is 0 Å².